The first-order valence-corrected chi connectivity index (χ1v) is 7.12. The fourth-order valence-corrected chi connectivity index (χ4v) is 2.50. The zero-order valence-corrected chi connectivity index (χ0v) is 12.1. The van der Waals surface area contributed by atoms with Crippen LogP contribution < -0.4 is 4.74 Å². The smallest absolute Gasteiger partial charge is 0.133 e. The van der Waals surface area contributed by atoms with Gasteiger partial charge in [-0.2, -0.15) is 0 Å². The van der Waals surface area contributed by atoms with Gasteiger partial charge in [0, 0.05) is 12.1 Å². The molecule has 23 heavy (non-hydrogen) atoms. The van der Waals surface area contributed by atoms with Crippen LogP contribution in [0.5, 0.6) is 11.5 Å². The van der Waals surface area contributed by atoms with Gasteiger partial charge in [-0.3, -0.25) is 0 Å². The first-order valence-electron chi connectivity index (χ1n) is 7.12. The second-order valence-corrected chi connectivity index (χ2v) is 5.14. The normalized spacial score (nSPS) is 11.4. The van der Waals surface area contributed by atoms with E-state index in [9.17, 15) is 0 Å². The van der Waals surface area contributed by atoms with Gasteiger partial charge >= 0.3 is 0 Å². The maximum absolute atomic E-state index is 9.11. The van der Waals surface area contributed by atoms with E-state index in [1.54, 1.807) is 0 Å². The number of aliphatic hydroxyl groups is 2. The third kappa shape index (κ3) is 2.52. The van der Waals surface area contributed by atoms with Crippen molar-refractivity contribution in [2.24, 2.45) is 0 Å². The Labute approximate surface area is 130 Å². The maximum Gasteiger partial charge on any atom is 0.133 e. The lowest BCUT2D eigenvalue weighted by Gasteiger charge is -2.05. The number of nitrogens with zero attached hydrogens (tertiary/aromatic N) is 2. The number of imidazole rings is 2. The van der Waals surface area contributed by atoms with E-state index in [1.807, 2.05) is 36.4 Å². The highest BCUT2D eigenvalue weighted by Crippen LogP contribution is 2.27. The van der Waals surface area contributed by atoms with Crippen LogP contribution in [0.15, 0.2) is 36.4 Å². The summed E-state index contributed by atoms with van der Waals surface area (Å²) in [5, 5.41) is 18.2. The molecule has 116 valence electrons. The van der Waals surface area contributed by atoms with Gasteiger partial charge in [0.05, 0.1) is 22.1 Å². The number of H-pyrrole nitrogens is 2. The molecule has 0 bridgehead atoms. The molecule has 0 aliphatic heterocycles. The monoisotopic (exact) mass is 310 g/mol. The van der Waals surface area contributed by atoms with E-state index >= 15 is 0 Å². The predicted molar refractivity (Wildman–Crippen MR) is 84.1 cm³/mol. The molecule has 2 heterocycles. The minimum absolute atomic E-state index is 0.130. The molecule has 0 aliphatic carbocycles. The molecular formula is C16H14N4O3. The van der Waals surface area contributed by atoms with Gasteiger partial charge in [-0.25, -0.2) is 9.97 Å². The Morgan fingerprint density at radius 1 is 0.783 bits per heavy atom. The predicted octanol–water partition coefficient (Wildman–Crippen LogP) is 2.22. The molecule has 2 aromatic carbocycles. The molecule has 7 nitrogen and oxygen atoms in total. The average molecular weight is 310 g/mol. The molecular weight excluding hydrogens is 296 g/mol. The third-order valence-corrected chi connectivity index (χ3v) is 3.54. The summed E-state index contributed by atoms with van der Waals surface area (Å²) in [5.41, 5.74) is 3.16. The molecule has 2 aromatic heterocycles. The topological polar surface area (TPSA) is 107 Å². The summed E-state index contributed by atoms with van der Waals surface area (Å²) >= 11 is 0. The lowest BCUT2D eigenvalue weighted by atomic mass is 10.3. The fraction of sp³-hybridized carbons (Fsp3) is 0.125. The number of hydrogen-bond donors (Lipinski definition) is 4. The first kappa shape index (κ1) is 13.7. The Bertz CT molecular complexity index is 909. The van der Waals surface area contributed by atoms with Crippen LogP contribution in [0.1, 0.15) is 11.6 Å². The van der Waals surface area contributed by atoms with E-state index in [0.29, 0.717) is 23.1 Å². The van der Waals surface area contributed by atoms with Crippen LogP contribution in [-0.2, 0) is 13.2 Å². The van der Waals surface area contributed by atoms with Gasteiger partial charge in [0.25, 0.3) is 0 Å². The molecule has 0 unspecified atom stereocenters. The average Bonchev–Trinajstić information content (AvgIpc) is 3.16. The minimum atomic E-state index is -0.130. The van der Waals surface area contributed by atoms with E-state index in [0.717, 1.165) is 22.1 Å². The van der Waals surface area contributed by atoms with Crippen molar-refractivity contribution in [3.63, 3.8) is 0 Å². The van der Waals surface area contributed by atoms with E-state index in [2.05, 4.69) is 19.9 Å². The Morgan fingerprint density at radius 3 is 1.70 bits per heavy atom. The molecule has 0 saturated carbocycles. The van der Waals surface area contributed by atoms with Crippen molar-refractivity contribution >= 4 is 22.1 Å². The minimum Gasteiger partial charge on any atom is -0.457 e. The van der Waals surface area contributed by atoms with Crippen LogP contribution in [0.25, 0.3) is 22.1 Å². The molecule has 0 saturated heterocycles. The van der Waals surface area contributed by atoms with Crippen molar-refractivity contribution < 1.29 is 14.9 Å². The summed E-state index contributed by atoms with van der Waals surface area (Å²) in [6.45, 7) is -0.261. The van der Waals surface area contributed by atoms with Crippen molar-refractivity contribution in [1.29, 1.82) is 0 Å². The highest BCUT2D eigenvalue weighted by Gasteiger charge is 2.07. The van der Waals surface area contributed by atoms with Crippen LogP contribution in [0.2, 0.25) is 0 Å². The zero-order chi connectivity index (χ0) is 15.8. The number of fused-ring (bicyclic) bond motifs is 2. The molecule has 4 N–H and O–H groups in total. The van der Waals surface area contributed by atoms with Crippen molar-refractivity contribution in [3.05, 3.63) is 48.0 Å². The summed E-state index contributed by atoms with van der Waals surface area (Å²) in [4.78, 5) is 14.5. The SMILES string of the molecule is OCc1nc2ccc(Oc3ccc4nc(CO)[nH]c4c3)cc2[nH]1. The summed E-state index contributed by atoms with van der Waals surface area (Å²) in [6.07, 6.45) is 0. The first-order chi connectivity index (χ1) is 11.2. The number of aromatic amines is 2. The van der Waals surface area contributed by atoms with Crippen LogP contribution >= 0.6 is 0 Å². The summed E-state index contributed by atoms with van der Waals surface area (Å²) < 4.78 is 5.86. The number of rotatable bonds is 4. The quantitative estimate of drug-likeness (QED) is 0.462. The van der Waals surface area contributed by atoms with Crippen molar-refractivity contribution in [2.45, 2.75) is 13.2 Å². The van der Waals surface area contributed by atoms with Crippen molar-refractivity contribution in [2.75, 3.05) is 0 Å². The van der Waals surface area contributed by atoms with Gasteiger partial charge in [-0.1, -0.05) is 0 Å². The van der Waals surface area contributed by atoms with E-state index in [1.165, 1.54) is 0 Å². The molecule has 0 spiro atoms. The zero-order valence-electron chi connectivity index (χ0n) is 12.1. The second kappa shape index (κ2) is 5.38. The molecule has 4 aromatic rings. The largest absolute Gasteiger partial charge is 0.457 e. The van der Waals surface area contributed by atoms with E-state index in [-0.39, 0.29) is 13.2 Å². The van der Waals surface area contributed by atoms with E-state index in [4.69, 9.17) is 14.9 Å². The number of aromatic nitrogens is 4. The van der Waals surface area contributed by atoms with Crippen LogP contribution in [-0.4, -0.2) is 30.1 Å². The van der Waals surface area contributed by atoms with Crippen molar-refractivity contribution in [1.82, 2.24) is 19.9 Å². The Hall–Kier alpha value is -2.90. The summed E-state index contributed by atoms with van der Waals surface area (Å²) in [5.74, 6) is 2.36. The molecule has 0 radical (unpaired) electrons. The van der Waals surface area contributed by atoms with E-state index < -0.39 is 0 Å². The Morgan fingerprint density at radius 2 is 1.26 bits per heavy atom. The number of nitrogens with one attached hydrogen (secondary N) is 2. The summed E-state index contributed by atoms with van der Waals surface area (Å²) in [7, 11) is 0. The van der Waals surface area contributed by atoms with Crippen LogP contribution in [0.4, 0.5) is 0 Å². The fourth-order valence-electron chi connectivity index (χ4n) is 2.50. The van der Waals surface area contributed by atoms with Gasteiger partial charge in [0.1, 0.15) is 36.4 Å². The highest BCUT2D eigenvalue weighted by atomic mass is 16.5. The molecule has 0 atom stereocenters. The molecule has 7 heteroatoms. The molecule has 0 aliphatic rings. The third-order valence-electron chi connectivity index (χ3n) is 3.54. The van der Waals surface area contributed by atoms with Gasteiger partial charge in [-0.05, 0) is 24.3 Å². The van der Waals surface area contributed by atoms with Gasteiger partial charge in [0.2, 0.25) is 0 Å². The standard InChI is InChI=1S/C16H14N4O3/c21-7-15-17-11-3-1-9(5-13(11)19-15)23-10-2-4-12-14(6-10)20-16(8-22)18-12/h1-6,21-22H,7-8H2,(H,17,19)(H,18,20). The van der Waals surface area contributed by atoms with Gasteiger partial charge < -0.3 is 24.9 Å². The molecule has 4 rings (SSSR count). The number of benzene rings is 2. The lowest BCUT2D eigenvalue weighted by Crippen LogP contribution is -1.84. The Kier molecular flexibility index (Phi) is 3.22. The second-order valence-electron chi connectivity index (χ2n) is 5.14. The summed E-state index contributed by atoms with van der Waals surface area (Å²) in [6, 6.07) is 11.0. The highest BCUT2D eigenvalue weighted by molar-refractivity contribution is 5.78. The van der Waals surface area contributed by atoms with Crippen molar-refractivity contribution in [3.8, 4) is 11.5 Å². The Balaban J connectivity index is 1.66. The number of ether oxygens (including phenoxy) is 1. The van der Waals surface area contributed by atoms with Gasteiger partial charge in [-0.15, -0.1) is 0 Å². The number of aliphatic hydroxyl groups excluding tert-OH is 2. The molecule has 0 fully saturated rings. The lowest BCUT2D eigenvalue weighted by molar-refractivity contribution is 0.273. The van der Waals surface area contributed by atoms with Crippen LogP contribution in [0, 0.1) is 0 Å². The van der Waals surface area contributed by atoms with Gasteiger partial charge in [0.15, 0.2) is 0 Å². The maximum atomic E-state index is 9.11. The number of hydrogen-bond acceptors (Lipinski definition) is 5. The molecule has 0 amide bonds. The van der Waals surface area contributed by atoms with Crippen LogP contribution in [0.3, 0.4) is 0 Å².